The third kappa shape index (κ3) is 7.21. The van der Waals surface area contributed by atoms with E-state index in [1.807, 2.05) is 0 Å². The number of benzene rings is 2. The van der Waals surface area contributed by atoms with E-state index in [-0.39, 0.29) is 17.0 Å². The number of carbonyl (C=O) groups excluding carboxylic acids is 2. The third-order valence-electron chi connectivity index (χ3n) is 7.05. The number of nitrogens with zero attached hydrogens (tertiary/aromatic N) is 2. The predicted molar refractivity (Wildman–Crippen MR) is 147 cm³/mol. The van der Waals surface area contributed by atoms with Crippen LogP contribution in [0.5, 0.6) is 5.75 Å². The van der Waals surface area contributed by atoms with Crippen molar-refractivity contribution in [1.82, 2.24) is 4.90 Å². The molecule has 1 saturated heterocycles. The highest BCUT2D eigenvalue weighted by molar-refractivity contribution is 6.46. The highest BCUT2D eigenvalue weighted by Gasteiger charge is 2.46. The van der Waals surface area contributed by atoms with Crippen LogP contribution in [0.2, 0.25) is 0 Å². The Morgan fingerprint density at radius 3 is 2.13 bits per heavy atom. The van der Waals surface area contributed by atoms with Gasteiger partial charge in [0.25, 0.3) is 17.4 Å². The number of nitro benzene ring substituents is 1. The highest BCUT2D eigenvalue weighted by Crippen LogP contribution is 2.40. The number of likely N-dealkylation sites (tertiary alicyclic amines) is 1. The number of methoxy groups -OCH3 is 1. The number of Topliss-reactive ketones (excluding diaryl/α,β-unsaturated/α-hetero) is 1. The van der Waals surface area contributed by atoms with E-state index in [1.165, 1.54) is 68.7 Å². The molecule has 0 radical (unpaired) electrons. The summed E-state index contributed by atoms with van der Waals surface area (Å²) < 4.78 is 5.17. The van der Waals surface area contributed by atoms with Crippen molar-refractivity contribution in [3.8, 4) is 5.75 Å². The van der Waals surface area contributed by atoms with Crippen molar-refractivity contribution in [2.45, 2.75) is 77.2 Å². The van der Waals surface area contributed by atoms with Crippen LogP contribution in [-0.4, -0.2) is 40.3 Å². The lowest BCUT2D eigenvalue weighted by Crippen LogP contribution is -2.30. The second kappa shape index (κ2) is 14.3. The van der Waals surface area contributed by atoms with Gasteiger partial charge in [-0.2, -0.15) is 0 Å². The minimum Gasteiger partial charge on any atom is -0.507 e. The van der Waals surface area contributed by atoms with E-state index >= 15 is 0 Å². The fourth-order valence-corrected chi connectivity index (χ4v) is 4.94. The van der Waals surface area contributed by atoms with Crippen LogP contribution in [0.4, 0.5) is 5.69 Å². The fraction of sp³-hybridized carbons (Fsp3) is 0.467. The first-order valence-electron chi connectivity index (χ1n) is 13.6. The van der Waals surface area contributed by atoms with Crippen LogP contribution >= 0.6 is 0 Å². The van der Waals surface area contributed by atoms with E-state index in [2.05, 4.69) is 6.92 Å². The van der Waals surface area contributed by atoms with Crippen LogP contribution in [0.15, 0.2) is 54.1 Å². The zero-order valence-corrected chi connectivity index (χ0v) is 22.4. The SMILES string of the molecule is CCCCCCCCCCCCN1C(=O)C(=O)C(=C(O)c2ccc(OC)cc2)[C@H]1c1cccc([N+](=O)[O-])c1. The molecule has 0 unspecified atom stereocenters. The van der Waals surface area contributed by atoms with Crippen LogP contribution in [-0.2, 0) is 9.59 Å². The van der Waals surface area contributed by atoms with Crippen LogP contribution in [0, 0.1) is 10.1 Å². The smallest absolute Gasteiger partial charge is 0.295 e. The Hall–Kier alpha value is -3.68. The lowest BCUT2D eigenvalue weighted by molar-refractivity contribution is -0.384. The molecule has 3 rings (SSSR count). The van der Waals surface area contributed by atoms with Crippen molar-refractivity contribution in [2.75, 3.05) is 13.7 Å². The summed E-state index contributed by atoms with van der Waals surface area (Å²) >= 11 is 0. The molecule has 1 amide bonds. The zero-order valence-electron chi connectivity index (χ0n) is 22.4. The van der Waals surface area contributed by atoms with Crippen LogP contribution in [0.1, 0.15) is 88.3 Å². The van der Waals surface area contributed by atoms with Crippen molar-refractivity contribution in [3.05, 3.63) is 75.3 Å². The standard InChI is InChI=1S/C30H38N2O6/c1-3-4-5-6-7-8-9-10-11-12-20-31-27(23-14-13-15-24(21-23)32(36)37)26(29(34)30(31)35)28(33)22-16-18-25(38-2)19-17-22/h13-19,21,27,33H,3-12,20H2,1-2H3/t27-/m1/s1. The van der Waals surface area contributed by atoms with Gasteiger partial charge in [0, 0.05) is 24.2 Å². The third-order valence-corrected chi connectivity index (χ3v) is 7.05. The van der Waals surface area contributed by atoms with Gasteiger partial charge in [0.15, 0.2) is 0 Å². The number of ether oxygens (including phenoxy) is 1. The first kappa shape index (κ1) is 28.9. The lowest BCUT2D eigenvalue weighted by Gasteiger charge is -2.25. The van der Waals surface area contributed by atoms with Gasteiger partial charge >= 0.3 is 0 Å². The van der Waals surface area contributed by atoms with Crippen molar-refractivity contribution in [1.29, 1.82) is 0 Å². The molecule has 1 atom stereocenters. The molecule has 2 aromatic carbocycles. The van der Waals surface area contributed by atoms with Crippen molar-refractivity contribution >= 4 is 23.1 Å². The molecule has 1 heterocycles. The van der Waals surface area contributed by atoms with Gasteiger partial charge in [-0.15, -0.1) is 0 Å². The molecule has 0 spiro atoms. The van der Waals surface area contributed by atoms with Crippen LogP contribution in [0.3, 0.4) is 0 Å². The molecule has 38 heavy (non-hydrogen) atoms. The lowest BCUT2D eigenvalue weighted by atomic mass is 9.95. The summed E-state index contributed by atoms with van der Waals surface area (Å²) in [6, 6.07) is 11.5. The number of nitro groups is 1. The Balaban J connectivity index is 1.79. The van der Waals surface area contributed by atoms with E-state index < -0.39 is 22.7 Å². The molecule has 8 nitrogen and oxygen atoms in total. The van der Waals surface area contributed by atoms with Gasteiger partial charge < -0.3 is 14.7 Å². The second-order valence-electron chi connectivity index (χ2n) is 9.76. The Morgan fingerprint density at radius 2 is 1.55 bits per heavy atom. The number of unbranched alkanes of at least 4 members (excludes halogenated alkanes) is 9. The monoisotopic (exact) mass is 522 g/mol. The van der Waals surface area contributed by atoms with Gasteiger partial charge in [0.2, 0.25) is 0 Å². The van der Waals surface area contributed by atoms with E-state index in [9.17, 15) is 24.8 Å². The molecular weight excluding hydrogens is 484 g/mol. The van der Waals surface area contributed by atoms with Crippen molar-refractivity contribution < 1.29 is 24.4 Å². The highest BCUT2D eigenvalue weighted by atomic mass is 16.6. The number of ketones is 1. The first-order chi connectivity index (χ1) is 18.4. The van der Waals surface area contributed by atoms with Gasteiger partial charge in [0.1, 0.15) is 11.5 Å². The first-order valence-corrected chi connectivity index (χ1v) is 13.6. The molecule has 1 N–H and O–H groups in total. The van der Waals surface area contributed by atoms with Gasteiger partial charge in [-0.25, -0.2) is 0 Å². The number of aliphatic hydroxyl groups is 1. The molecular formula is C30H38N2O6. The Bertz CT molecular complexity index is 1140. The molecule has 0 aliphatic carbocycles. The molecule has 0 saturated carbocycles. The summed E-state index contributed by atoms with van der Waals surface area (Å²) in [7, 11) is 1.52. The molecule has 1 aliphatic heterocycles. The summed E-state index contributed by atoms with van der Waals surface area (Å²) in [5.41, 5.74) is 0.572. The average molecular weight is 523 g/mol. The van der Waals surface area contributed by atoms with Gasteiger partial charge in [0.05, 0.1) is 23.6 Å². The predicted octanol–water partition coefficient (Wildman–Crippen LogP) is 6.95. The molecule has 0 aromatic heterocycles. The van der Waals surface area contributed by atoms with Gasteiger partial charge in [-0.3, -0.25) is 19.7 Å². The molecule has 1 fully saturated rings. The second-order valence-corrected chi connectivity index (χ2v) is 9.76. The topological polar surface area (TPSA) is 110 Å². The molecule has 2 aromatic rings. The number of amides is 1. The van der Waals surface area contributed by atoms with Gasteiger partial charge in [-0.1, -0.05) is 76.8 Å². The molecule has 8 heteroatoms. The summed E-state index contributed by atoms with van der Waals surface area (Å²) in [6.07, 6.45) is 11.3. The number of rotatable bonds is 15. The van der Waals surface area contributed by atoms with Gasteiger partial charge in [-0.05, 0) is 36.2 Å². The van der Waals surface area contributed by atoms with E-state index in [0.717, 1.165) is 19.3 Å². The quantitative estimate of drug-likeness (QED) is 0.0677. The number of hydrogen-bond acceptors (Lipinski definition) is 6. The number of hydrogen-bond donors (Lipinski definition) is 1. The Kier molecular flexibility index (Phi) is 10.9. The zero-order chi connectivity index (χ0) is 27.5. The van der Waals surface area contributed by atoms with Crippen molar-refractivity contribution in [2.24, 2.45) is 0 Å². The fourth-order valence-electron chi connectivity index (χ4n) is 4.94. The number of carbonyl (C=O) groups is 2. The maximum Gasteiger partial charge on any atom is 0.295 e. The molecule has 0 bridgehead atoms. The average Bonchev–Trinajstić information content (AvgIpc) is 3.18. The maximum atomic E-state index is 13.2. The van der Waals surface area contributed by atoms with Crippen LogP contribution < -0.4 is 4.74 Å². The minimum absolute atomic E-state index is 0.0623. The molecule has 1 aliphatic rings. The summed E-state index contributed by atoms with van der Waals surface area (Å²) in [4.78, 5) is 38.7. The summed E-state index contributed by atoms with van der Waals surface area (Å²) in [6.45, 7) is 2.54. The van der Waals surface area contributed by atoms with E-state index in [1.54, 1.807) is 30.3 Å². The normalized spacial score (nSPS) is 16.7. The Morgan fingerprint density at radius 1 is 0.947 bits per heavy atom. The van der Waals surface area contributed by atoms with Crippen LogP contribution in [0.25, 0.3) is 5.76 Å². The minimum atomic E-state index is -0.907. The largest absolute Gasteiger partial charge is 0.507 e. The number of aliphatic hydroxyl groups excluding tert-OH is 1. The van der Waals surface area contributed by atoms with E-state index in [0.29, 0.717) is 29.8 Å². The van der Waals surface area contributed by atoms with E-state index in [4.69, 9.17) is 4.74 Å². The summed E-state index contributed by atoms with van der Waals surface area (Å²) in [5, 5.41) is 22.6. The Labute approximate surface area is 224 Å². The number of non-ortho nitro benzene ring substituents is 1. The maximum absolute atomic E-state index is 13.2. The summed E-state index contributed by atoms with van der Waals surface area (Å²) in [5.74, 6) is -1.22. The molecule has 204 valence electrons. The van der Waals surface area contributed by atoms with Crippen molar-refractivity contribution in [3.63, 3.8) is 0 Å².